The van der Waals surface area contributed by atoms with Crippen molar-refractivity contribution in [3.8, 4) is 0 Å². The second-order valence-corrected chi connectivity index (χ2v) is 6.01. The molecule has 0 saturated carbocycles. The van der Waals surface area contributed by atoms with Crippen LogP contribution in [0, 0.1) is 13.8 Å². The van der Waals surface area contributed by atoms with Gasteiger partial charge in [-0.3, -0.25) is 4.79 Å². The number of hydrogen-bond donors (Lipinski definition) is 0. The third-order valence-electron chi connectivity index (χ3n) is 2.51. The summed E-state index contributed by atoms with van der Waals surface area (Å²) in [6.45, 7) is 3.75. The van der Waals surface area contributed by atoms with Crippen LogP contribution >= 0.6 is 34.5 Å². The summed E-state index contributed by atoms with van der Waals surface area (Å²) in [6.07, 6.45) is 0.319. The van der Waals surface area contributed by atoms with Gasteiger partial charge in [0.15, 0.2) is 5.78 Å². The summed E-state index contributed by atoms with van der Waals surface area (Å²) in [6, 6.07) is 5.25. The highest BCUT2D eigenvalue weighted by Gasteiger charge is 2.14. The zero-order valence-corrected chi connectivity index (χ0v) is 12.3. The van der Waals surface area contributed by atoms with Crippen LogP contribution < -0.4 is 0 Å². The summed E-state index contributed by atoms with van der Waals surface area (Å²) in [7, 11) is 0. The number of aromatic nitrogens is 1. The first-order valence-corrected chi connectivity index (χ1v) is 6.96. The Morgan fingerprint density at radius 3 is 2.56 bits per heavy atom. The number of benzene rings is 1. The Morgan fingerprint density at radius 1 is 1.28 bits per heavy atom. The number of aryl methyl sites for hydroxylation is 2. The van der Waals surface area contributed by atoms with Gasteiger partial charge in [-0.1, -0.05) is 29.3 Å². The lowest BCUT2D eigenvalue weighted by Crippen LogP contribution is -2.03. The van der Waals surface area contributed by atoms with Crippen molar-refractivity contribution in [3.05, 3.63) is 49.4 Å². The quantitative estimate of drug-likeness (QED) is 0.782. The van der Waals surface area contributed by atoms with Crippen LogP contribution in [0.3, 0.4) is 0 Å². The molecule has 0 aliphatic carbocycles. The SMILES string of the molecule is Cc1nc(C)c(C(=O)Cc2ccc(Cl)c(Cl)c2)s1. The van der Waals surface area contributed by atoms with E-state index in [1.54, 1.807) is 12.1 Å². The highest BCUT2D eigenvalue weighted by Crippen LogP contribution is 2.24. The number of rotatable bonds is 3. The molecule has 94 valence electrons. The zero-order chi connectivity index (χ0) is 13.3. The molecule has 1 aromatic heterocycles. The van der Waals surface area contributed by atoms with Gasteiger partial charge in [-0.05, 0) is 31.5 Å². The second-order valence-electron chi connectivity index (χ2n) is 4.00. The summed E-state index contributed by atoms with van der Waals surface area (Å²) in [5.41, 5.74) is 1.66. The van der Waals surface area contributed by atoms with Gasteiger partial charge in [-0.15, -0.1) is 11.3 Å². The lowest BCUT2D eigenvalue weighted by Gasteiger charge is -2.02. The van der Waals surface area contributed by atoms with E-state index < -0.39 is 0 Å². The molecule has 18 heavy (non-hydrogen) atoms. The topological polar surface area (TPSA) is 30.0 Å². The molecule has 0 radical (unpaired) electrons. The average Bonchev–Trinajstić information content (AvgIpc) is 2.63. The maximum atomic E-state index is 12.1. The normalized spacial score (nSPS) is 10.7. The van der Waals surface area contributed by atoms with E-state index in [2.05, 4.69) is 4.98 Å². The summed E-state index contributed by atoms with van der Waals surface area (Å²) in [5.74, 6) is 0.0662. The van der Waals surface area contributed by atoms with Crippen LogP contribution in [0.2, 0.25) is 10.0 Å². The number of hydrogen-bond acceptors (Lipinski definition) is 3. The van der Waals surface area contributed by atoms with Crippen LogP contribution in [-0.2, 0) is 6.42 Å². The number of carbonyl (C=O) groups is 1. The molecule has 1 heterocycles. The van der Waals surface area contributed by atoms with Crippen molar-refractivity contribution in [3.63, 3.8) is 0 Å². The molecule has 0 bridgehead atoms. The van der Waals surface area contributed by atoms with E-state index >= 15 is 0 Å². The van der Waals surface area contributed by atoms with Crippen molar-refractivity contribution < 1.29 is 4.79 Å². The molecule has 0 unspecified atom stereocenters. The minimum Gasteiger partial charge on any atom is -0.293 e. The van der Waals surface area contributed by atoms with Gasteiger partial charge >= 0.3 is 0 Å². The fraction of sp³-hybridized carbons (Fsp3) is 0.231. The lowest BCUT2D eigenvalue weighted by atomic mass is 10.1. The van der Waals surface area contributed by atoms with Crippen molar-refractivity contribution in [2.45, 2.75) is 20.3 Å². The standard InChI is InChI=1S/C13H11Cl2NOS/c1-7-13(18-8(2)16-7)12(17)6-9-3-4-10(14)11(15)5-9/h3-5H,6H2,1-2H3. The van der Waals surface area contributed by atoms with E-state index in [9.17, 15) is 4.79 Å². The predicted octanol–water partition coefficient (Wildman–Crippen LogP) is 4.49. The highest BCUT2D eigenvalue weighted by molar-refractivity contribution is 7.13. The number of carbonyl (C=O) groups excluding carboxylic acids is 1. The van der Waals surface area contributed by atoms with Crippen molar-refractivity contribution in [1.82, 2.24) is 4.98 Å². The summed E-state index contributed by atoms with van der Waals surface area (Å²) in [5, 5.41) is 1.88. The third kappa shape index (κ3) is 2.91. The van der Waals surface area contributed by atoms with Crippen LogP contribution in [-0.4, -0.2) is 10.8 Å². The Morgan fingerprint density at radius 2 is 2.00 bits per heavy atom. The van der Waals surface area contributed by atoms with Crippen LogP contribution in [0.1, 0.15) is 25.9 Å². The third-order valence-corrected chi connectivity index (χ3v) is 4.36. The molecule has 0 saturated heterocycles. The number of nitrogens with zero attached hydrogens (tertiary/aromatic N) is 1. The van der Waals surface area contributed by atoms with Gasteiger partial charge in [0.1, 0.15) is 0 Å². The van der Waals surface area contributed by atoms with Crippen LogP contribution in [0.5, 0.6) is 0 Å². The Bertz CT molecular complexity index is 607. The van der Waals surface area contributed by atoms with E-state index in [1.165, 1.54) is 11.3 Å². The largest absolute Gasteiger partial charge is 0.293 e. The first kappa shape index (κ1) is 13.5. The van der Waals surface area contributed by atoms with E-state index in [1.807, 2.05) is 19.9 Å². The van der Waals surface area contributed by atoms with Gasteiger partial charge in [-0.25, -0.2) is 4.98 Å². The molecule has 0 aliphatic rings. The highest BCUT2D eigenvalue weighted by atomic mass is 35.5. The monoisotopic (exact) mass is 299 g/mol. The molecule has 0 N–H and O–H groups in total. The van der Waals surface area contributed by atoms with E-state index in [0.29, 0.717) is 16.5 Å². The maximum Gasteiger partial charge on any atom is 0.179 e. The lowest BCUT2D eigenvalue weighted by molar-refractivity contribution is 0.0996. The van der Waals surface area contributed by atoms with Gasteiger partial charge in [0.2, 0.25) is 0 Å². The maximum absolute atomic E-state index is 12.1. The summed E-state index contributed by atoms with van der Waals surface area (Å²) >= 11 is 13.2. The van der Waals surface area contributed by atoms with Crippen molar-refractivity contribution in [1.29, 1.82) is 0 Å². The zero-order valence-electron chi connectivity index (χ0n) is 9.96. The smallest absolute Gasteiger partial charge is 0.179 e. The fourth-order valence-corrected chi connectivity index (χ4v) is 2.88. The van der Waals surface area contributed by atoms with Gasteiger partial charge < -0.3 is 0 Å². The van der Waals surface area contributed by atoms with Gasteiger partial charge in [0.05, 0.1) is 25.6 Å². The molecule has 2 nitrogen and oxygen atoms in total. The Labute approximate surface area is 120 Å². The minimum absolute atomic E-state index is 0.0662. The molecule has 0 spiro atoms. The summed E-state index contributed by atoms with van der Waals surface area (Å²) < 4.78 is 0. The number of thiazole rings is 1. The first-order valence-electron chi connectivity index (χ1n) is 5.38. The van der Waals surface area contributed by atoms with Gasteiger partial charge in [0.25, 0.3) is 0 Å². The molecule has 1 aromatic carbocycles. The molecule has 0 amide bonds. The van der Waals surface area contributed by atoms with E-state index in [-0.39, 0.29) is 5.78 Å². The van der Waals surface area contributed by atoms with E-state index in [0.717, 1.165) is 21.1 Å². The Kier molecular flexibility index (Phi) is 4.05. The van der Waals surface area contributed by atoms with Crippen LogP contribution in [0.25, 0.3) is 0 Å². The molecule has 0 atom stereocenters. The number of Topliss-reactive ketones (excluding diaryl/α,β-unsaturated/α-hetero) is 1. The molecule has 2 rings (SSSR count). The number of halogens is 2. The molecular weight excluding hydrogens is 289 g/mol. The van der Waals surface area contributed by atoms with Crippen molar-refractivity contribution >= 4 is 40.3 Å². The second kappa shape index (κ2) is 5.39. The fourth-order valence-electron chi connectivity index (χ4n) is 1.71. The first-order chi connectivity index (χ1) is 8.47. The van der Waals surface area contributed by atoms with Crippen molar-refractivity contribution in [2.24, 2.45) is 0 Å². The van der Waals surface area contributed by atoms with Gasteiger partial charge in [0, 0.05) is 6.42 Å². The Balaban J connectivity index is 2.21. The molecule has 2 aromatic rings. The minimum atomic E-state index is 0.0662. The molecule has 5 heteroatoms. The molecule has 0 aliphatic heterocycles. The molecular formula is C13H11Cl2NOS. The van der Waals surface area contributed by atoms with E-state index in [4.69, 9.17) is 23.2 Å². The Hall–Kier alpha value is -0.900. The molecule has 0 fully saturated rings. The summed E-state index contributed by atoms with van der Waals surface area (Å²) in [4.78, 5) is 17.1. The van der Waals surface area contributed by atoms with Crippen LogP contribution in [0.15, 0.2) is 18.2 Å². The predicted molar refractivity (Wildman–Crippen MR) is 76.1 cm³/mol. The van der Waals surface area contributed by atoms with Gasteiger partial charge in [-0.2, -0.15) is 0 Å². The van der Waals surface area contributed by atoms with Crippen molar-refractivity contribution in [2.75, 3.05) is 0 Å². The number of ketones is 1. The average molecular weight is 300 g/mol. The van der Waals surface area contributed by atoms with Crippen LogP contribution in [0.4, 0.5) is 0 Å².